The molecule has 1 aliphatic heterocycles. The Hall–Kier alpha value is -3.65. The van der Waals surface area contributed by atoms with Crippen LogP contribution in [0.2, 0.25) is 0 Å². The molecule has 4 rings (SSSR count). The minimum Gasteiger partial charge on any atom is -0.350 e. The minimum atomic E-state index is -0.462. The van der Waals surface area contributed by atoms with E-state index < -0.39 is 5.91 Å². The molecule has 2 aromatic carbocycles. The largest absolute Gasteiger partial charge is 0.350 e. The second-order valence-corrected chi connectivity index (χ2v) is 7.44. The van der Waals surface area contributed by atoms with E-state index >= 15 is 0 Å². The first-order valence-electron chi connectivity index (χ1n) is 9.22. The molecule has 1 aliphatic rings. The van der Waals surface area contributed by atoms with Crippen LogP contribution in [0, 0.1) is 0 Å². The van der Waals surface area contributed by atoms with Gasteiger partial charge in [-0.1, -0.05) is 65.8 Å². The first kappa shape index (κ1) is 19.7. The van der Waals surface area contributed by atoms with E-state index in [0.29, 0.717) is 10.6 Å². The number of hydrogen-bond donors (Lipinski definition) is 1. The fourth-order valence-corrected chi connectivity index (χ4v) is 3.75. The molecule has 0 saturated carbocycles. The Kier molecular flexibility index (Phi) is 5.76. The monoisotopic (exact) mass is 419 g/mol. The van der Waals surface area contributed by atoms with Crippen LogP contribution in [-0.4, -0.2) is 40.2 Å². The summed E-state index contributed by atoms with van der Waals surface area (Å²) in [6.45, 7) is 0.180. The highest BCUT2D eigenvalue weighted by Crippen LogP contribution is 2.31. The van der Waals surface area contributed by atoms with Gasteiger partial charge < -0.3 is 9.84 Å². The van der Waals surface area contributed by atoms with Gasteiger partial charge in [0, 0.05) is 24.7 Å². The number of carbonyl (C=O) groups is 3. The summed E-state index contributed by atoms with van der Waals surface area (Å²) in [5.41, 5.74) is 2.23. The van der Waals surface area contributed by atoms with Crippen molar-refractivity contribution in [3.05, 3.63) is 83.0 Å². The van der Waals surface area contributed by atoms with Crippen LogP contribution in [0.3, 0.4) is 0 Å². The molecule has 0 radical (unpaired) electrons. The summed E-state index contributed by atoms with van der Waals surface area (Å²) >= 11 is 0.890. The molecule has 3 aromatic rings. The van der Waals surface area contributed by atoms with Gasteiger partial charge in [0.25, 0.3) is 17.1 Å². The molecule has 0 spiro atoms. The quantitative estimate of drug-likeness (QED) is 0.611. The molecule has 1 fully saturated rings. The number of rotatable bonds is 6. The molecule has 8 heteroatoms. The molecule has 3 amide bonds. The van der Waals surface area contributed by atoms with Crippen LogP contribution < -0.4 is 5.32 Å². The predicted octanol–water partition coefficient (Wildman–Crippen LogP) is 3.81. The number of imide groups is 1. The van der Waals surface area contributed by atoms with Gasteiger partial charge in [0.1, 0.15) is 5.69 Å². The van der Waals surface area contributed by atoms with Crippen molar-refractivity contribution in [2.75, 3.05) is 13.1 Å². The summed E-state index contributed by atoms with van der Waals surface area (Å²) < 4.78 is 5.11. The smallest absolute Gasteiger partial charge is 0.293 e. The van der Waals surface area contributed by atoms with Gasteiger partial charge in [-0.3, -0.25) is 19.3 Å². The summed E-state index contributed by atoms with van der Waals surface area (Å²) in [4.78, 5) is 38.4. The Balaban J connectivity index is 1.33. The van der Waals surface area contributed by atoms with E-state index in [1.165, 1.54) is 0 Å². The van der Waals surface area contributed by atoms with E-state index in [2.05, 4.69) is 10.5 Å². The van der Waals surface area contributed by atoms with E-state index in [9.17, 15) is 14.4 Å². The summed E-state index contributed by atoms with van der Waals surface area (Å²) in [7, 11) is 0. The first-order valence-corrected chi connectivity index (χ1v) is 10.0. The third-order valence-corrected chi connectivity index (χ3v) is 5.30. The van der Waals surface area contributed by atoms with Crippen molar-refractivity contribution >= 4 is 34.9 Å². The molecule has 0 atom stereocenters. The molecule has 30 heavy (non-hydrogen) atoms. The lowest BCUT2D eigenvalue weighted by atomic mass is 10.1. The number of benzene rings is 2. The lowest BCUT2D eigenvalue weighted by molar-refractivity contribution is -0.122. The van der Waals surface area contributed by atoms with Gasteiger partial charge in [0.2, 0.25) is 5.76 Å². The third-order valence-electron chi connectivity index (χ3n) is 4.40. The average molecular weight is 419 g/mol. The van der Waals surface area contributed by atoms with Crippen LogP contribution in [0.5, 0.6) is 0 Å². The van der Waals surface area contributed by atoms with Crippen molar-refractivity contribution < 1.29 is 18.9 Å². The van der Waals surface area contributed by atoms with Crippen molar-refractivity contribution in [1.82, 2.24) is 15.4 Å². The summed E-state index contributed by atoms with van der Waals surface area (Å²) in [6.07, 6.45) is 1.68. The maximum Gasteiger partial charge on any atom is 0.293 e. The molecule has 7 nitrogen and oxygen atoms in total. The Bertz CT molecular complexity index is 1110. The van der Waals surface area contributed by atoms with Crippen molar-refractivity contribution in [3.8, 4) is 11.3 Å². The zero-order chi connectivity index (χ0) is 20.9. The van der Waals surface area contributed by atoms with E-state index in [4.69, 9.17) is 4.52 Å². The standard InChI is InChI=1S/C22H17N3O4S/c26-20(18-14-17(24-29-18)16-9-5-2-6-10-16)23-11-12-25-21(27)19(30-22(25)28)13-15-7-3-1-4-8-15/h1-10,13-14H,11-12H2,(H,23,26)/b19-13-. The van der Waals surface area contributed by atoms with Gasteiger partial charge in [-0.25, -0.2) is 0 Å². The Morgan fingerprint density at radius 2 is 1.77 bits per heavy atom. The molecule has 1 N–H and O–H groups in total. The molecule has 2 heterocycles. The van der Waals surface area contributed by atoms with Crippen LogP contribution in [-0.2, 0) is 4.79 Å². The van der Waals surface area contributed by atoms with Crippen LogP contribution in [0.25, 0.3) is 17.3 Å². The summed E-state index contributed by atoms with van der Waals surface area (Å²) in [5.74, 6) is -0.766. The number of aromatic nitrogens is 1. The fraction of sp³-hybridized carbons (Fsp3) is 0.0909. The zero-order valence-electron chi connectivity index (χ0n) is 15.8. The van der Waals surface area contributed by atoms with Crippen molar-refractivity contribution in [2.24, 2.45) is 0 Å². The lowest BCUT2D eigenvalue weighted by Gasteiger charge is -2.12. The second-order valence-electron chi connectivity index (χ2n) is 6.44. The van der Waals surface area contributed by atoms with Gasteiger partial charge in [-0.15, -0.1) is 0 Å². The molecular weight excluding hydrogens is 402 g/mol. The normalized spacial score (nSPS) is 15.1. The van der Waals surface area contributed by atoms with Gasteiger partial charge in [-0.2, -0.15) is 0 Å². The second kappa shape index (κ2) is 8.79. The molecule has 150 valence electrons. The van der Waals surface area contributed by atoms with Crippen LogP contribution in [0.4, 0.5) is 4.79 Å². The van der Waals surface area contributed by atoms with E-state index in [0.717, 1.165) is 27.8 Å². The maximum absolute atomic E-state index is 12.5. The highest BCUT2D eigenvalue weighted by molar-refractivity contribution is 8.18. The number of nitrogens with zero attached hydrogens (tertiary/aromatic N) is 2. The third kappa shape index (κ3) is 4.33. The molecule has 1 saturated heterocycles. The predicted molar refractivity (Wildman–Crippen MR) is 113 cm³/mol. The Labute approximate surface area is 176 Å². The lowest BCUT2D eigenvalue weighted by Crippen LogP contribution is -2.37. The summed E-state index contributed by atoms with van der Waals surface area (Å²) in [5, 5.41) is 6.19. The van der Waals surface area contributed by atoms with Crippen molar-refractivity contribution in [2.45, 2.75) is 0 Å². The van der Waals surface area contributed by atoms with Crippen LogP contribution in [0.15, 0.2) is 76.2 Å². The van der Waals surface area contributed by atoms with E-state index in [-0.39, 0.29) is 30.0 Å². The van der Waals surface area contributed by atoms with E-state index in [1.807, 2.05) is 60.7 Å². The number of thioether (sulfide) groups is 1. The van der Waals surface area contributed by atoms with Crippen LogP contribution in [0.1, 0.15) is 16.1 Å². The van der Waals surface area contributed by atoms with Crippen molar-refractivity contribution in [1.29, 1.82) is 0 Å². The highest BCUT2D eigenvalue weighted by Gasteiger charge is 2.34. The topological polar surface area (TPSA) is 92.5 Å². The molecular formula is C22H17N3O4S. The summed E-state index contributed by atoms with van der Waals surface area (Å²) in [6, 6.07) is 20.2. The van der Waals surface area contributed by atoms with Gasteiger partial charge in [-0.05, 0) is 23.4 Å². The molecule has 0 bridgehead atoms. The highest BCUT2D eigenvalue weighted by atomic mass is 32.2. The average Bonchev–Trinajstić information content (AvgIpc) is 3.36. The van der Waals surface area contributed by atoms with Crippen LogP contribution >= 0.6 is 11.8 Å². The Morgan fingerprint density at radius 1 is 1.07 bits per heavy atom. The SMILES string of the molecule is O=C(NCCN1C(=O)S/C(=C\c2ccccc2)C1=O)c1cc(-c2ccccc2)no1. The Morgan fingerprint density at radius 3 is 2.50 bits per heavy atom. The first-order chi connectivity index (χ1) is 14.6. The number of carbonyl (C=O) groups excluding carboxylic acids is 3. The number of nitrogens with one attached hydrogen (secondary N) is 1. The molecule has 1 aromatic heterocycles. The number of amides is 3. The fourth-order valence-electron chi connectivity index (χ4n) is 2.89. The van der Waals surface area contributed by atoms with Gasteiger partial charge >= 0.3 is 0 Å². The number of hydrogen-bond acceptors (Lipinski definition) is 6. The van der Waals surface area contributed by atoms with E-state index in [1.54, 1.807) is 12.1 Å². The maximum atomic E-state index is 12.5. The zero-order valence-corrected chi connectivity index (χ0v) is 16.6. The molecule has 0 unspecified atom stereocenters. The van der Waals surface area contributed by atoms with Crippen molar-refractivity contribution in [3.63, 3.8) is 0 Å². The minimum absolute atomic E-state index is 0.0620. The van der Waals surface area contributed by atoms with Gasteiger partial charge in [0.15, 0.2) is 0 Å². The van der Waals surface area contributed by atoms with Gasteiger partial charge in [0.05, 0.1) is 4.91 Å². The molecule has 0 aliphatic carbocycles.